The average Bonchev–Trinajstić information content (AvgIpc) is 3.65. The van der Waals surface area contributed by atoms with E-state index in [0.717, 1.165) is 71.2 Å². The minimum atomic E-state index is -0.373. The summed E-state index contributed by atoms with van der Waals surface area (Å²) < 4.78 is 2.16. The van der Waals surface area contributed by atoms with Crippen LogP contribution in [0.1, 0.15) is 69.8 Å². The Morgan fingerprint density at radius 2 is 1.13 bits per heavy atom. The van der Waals surface area contributed by atoms with Crippen molar-refractivity contribution in [3.63, 3.8) is 0 Å². The summed E-state index contributed by atoms with van der Waals surface area (Å²) in [5.74, 6) is 2.03. The lowest BCUT2D eigenvalue weighted by atomic mass is 9.85. The van der Waals surface area contributed by atoms with Crippen molar-refractivity contribution in [3.05, 3.63) is 127 Å². The molecule has 3 aliphatic rings. The second kappa shape index (κ2) is 12.5. The largest absolute Gasteiger partial charge is 0.365 e. The molecule has 0 unspecified atom stereocenters. The van der Waals surface area contributed by atoms with Crippen LogP contribution in [0.15, 0.2) is 126 Å². The first kappa shape index (κ1) is 28.6. The number of hydrazone groups is 1. The molecule has 46 heavy (non-hydrogen) atoms. The maximum atomic E-state index is 5.58. The van der Waals surface area contributed by atoms with Crippen molar-refractivity contribution >= 4 is 23.0 Å². The van der Waals surface area contributed by atoms with Crippen molar-refractivity contribution in [3.8, 4) is 16.9 Å². The Bertz CT molecular complexity index is 1770. The number of rotatable bonds is 7. The fraction of sp³-hybridized carbons (Fsp3) is 0.300. The lowest BCUT2D eigenvalue weighted by Gasteiger charge is -2.47. The molecule has 0 bridgehead atoms. The van der Waals surface area contributed by atoms with Gasteiger partial charge in [-0.1, -0.05) is 123 Å². The molecule has 1 aromatic heterocycles. The Morgan fingerprint density at radius 1 is 0.587 bits per heavy atom. The van der Waals surface area contributed by atoms with E-state index in [1.807, 2.05) is 0 Å². The number of para-hydroxylation sites is 2. The lowest BCUT2D eigenvalue weighted by molar-refractivity contribution is 0.299. The number of hydrogen-bond donors (Lipinski definition) is 1. The summed E-state index contributed by atoms with van der Waals surface area (Å²) in [6.45, 7) is 0. The normalized spacial score (nSPS) is 18.1. The first-order valence-corrected chi connectivity index (χ1v) is 17.1. The maximum absolute atomic E-state index is 5.58. The van der Waals surface area contributed by atoms with E-state index < -0.39 is 0 Å². The quantitative estimate of drug-likeness (QED) is 0.200. The molecule has 6 heteroatoms. The van der Waals surface area contributed by atoms with Crippen LogP contribution in [0, 0.1) is 0 Å². The number of aromatic nitrogens is 2. The predicted molar refractivity (Wildman–Crippen MR) is 190 cm³/mol. The van der Waals surface area contributed by atoms with Gasteiger partial charge in [0.1, 0.15) is 17.0 Å². The lowest BCUT2D eigenvalue weighted by Crippen LogP contribution is -2.57. The third-order valence-electron chi connectivity index (χ3n) is 9.98. The van der Waals surface area contributed by atoms with Crippen LogP contribution in [-0.2, 0) is 0 Å². The van der Waals surface area contributed by atoms with E-state index in [0.29, 0.717) is 6.04 Å². The number of anilines is 3. The molecule has 0 amide bonds. The van der Waals surface area contributed by atoms with Gasteiger partial charge in [-0.3, -0.25) is 4.90 Å². The topological polar surface area (TPSA) is 48.7 Å². The number of amidine groups is 1. The van der Waals surface area contributed by atoms with Crippen LogP contribution < -0.4 is 15.2 Å². The molecular formula is C40H42N6. The molecular weight excluding hydrogens is 564 g/mol. The summed E-state index contributed by atoms with van der Waals surface area (Å²) in [4.78, 5) is 2.59. The van der Waals surface area contributed by atoms with E-state index >= 15 is 0 Å². The highest BCUT2D eigenvalue weighted by atomic mass is 15.7. The van der Waals surface area contributed by atoms with E-state index in [4.69, 9.17) is 10.2 Å². The second-order valence-corrected chi connectivity index (χ2v) is 13.0. The van der Waals surface area contributed by atoms with Gasteiger partial charge in [-0.25, -0.2) is 9.69 Å². The molecule has 1 spiro atoms. The Kier molecular flexibility index (Phi) is 7.78. The molecule has 4 aromatic carbocycles. The van der Waals surface area contributed by atoms with Crippen molar-refractivity contribution in [2.75, 3.05) is 15.2 Å². The molecule has 2 saturated carbocycles. The Hall–Kier alpha value is -4.84. The van der Waals surface area contributed by atoms with E-state index in [1.165, 1.54) is 38.5 Å². The molecule has 6 nitrogen and oxygen atoms in total. The van der Waals surface area contributed by atoms with Crippen molar-refractivity contribution in [2.24, 2.45) is 5.10 Å². The number of nitrogens with zero attached hydrogens (tertiary/aromatic N) is 5. The standard InChI is InChI=1S/C40H42N6/c1-7-19-31(20-8-1)36-37(39(41-33-23-11-3-12-24-33)45(42-36)34-25-13-4-14-26-34)44-38(32-21-9-2-10-22-32)43-46(35-27-15-5-16-28-35)40(44)29-17-6-18-30-40/h1-2,4-5,7-10,13-16,19-22,25-28,33,41H,3,6,11-12,17-18,23-24,29-30H2. The minimum Gasteiger partial charge on any atom is -0.365 e. The molecule has 1 aliphatic heterocycles. The zero-order valence-electron chi connectivity index (χ0n) is 26.4. The van der Waals surface area contributed by atoms with Crippen molar-refractivity contribution in [1.29, 1.82) is 0 Å². The fourth-order valence-corrected chi connectivity index (χ4v) is 7.77. The van der Waals surface area contributed by atoms with Crippen LogP contribution in [0.3, 0.4) is 0 Å². The molecule has 0 saturated heterocycles. The number of benzene rings is 4. The molecule has 2 heterocycles. The van der Waals surface area contributed by atoms with Crippen molar-refractivity contribution in [1.82, 2.24) is 9.78 Å². The first-order valence-electron chi connectivity index (χ1n) is 17.1. The second-order valence-electron chi connectivity index (χ2n) is 13.0. The monoisotopic (exact) mass is 606 g/mol. The predicted octanol–water partition coefficient (Wildman–Crippen LogP) is 9.63. The van der Waals surface area contributed by atoms with Gasteiger partial charge in [0, 0.05) is 17.2 Å². The van der Waals surface area contributed by atoms with Gasteiger partial charge in [0.2, 0.25) is 0 Å². The summed E-state index contributed by atoms with van der Waals surface area (Å²) in [5.41, 5.74) is 6.12. The van der Waals surface area contributed by atoms with E-state index in [2.05, 4.69) is 141 Å². The minimum absolute atomic E-state index is 0.373. The van der Waals surface area contributed by atoms with E-state index in [9.17, 15) is 0 Å². The summed E-state index contributed by atoms with van der Waals surface area (Å²) in [6, 6.07) is 43.3. The third kappa shape index (κ3) is 5.16. The van der Waals surface area contributed by atoms with Gasteiger partial charge in [-0.05, 0) is 62.8 Å². The smallest absolute Gasteiger partial charge is 0.163 e. The Morgan fingerprint density at radius 3 is 1.76 bits per heavy atom. The summed E-state index contributed by atoms with van der Waals surface area (Å²) in [6.07, 6.45) is 11.7. The number of nitrogens with one attached hydrogen (secondary N) is 1. The molecule has 232 valence electrons. The van der Waals surface area contributed by atoms with E-state index in [1.54, 1.807) is 0 Å². The zero-order valence-corrected chi connectivity index (χ0v) is 26.4. The van der Waals surface area contributed by atoms with E-state index in [-0.39, 0.29) is 5.66 Å². The molecule has 0 atom stereocenters. The SMILES string of the molecule is c1ccc(C2=NN(c3ccccc3)C3(CCCCC3)N2c2c(-c3ccccc3)nn(-c3ccccc3)c2NC2CCCCC2)cc1. The van der Waals surface area contributed by atoms with Crippen LogP contribution in [0.5, 0.6) is 0 Å². The van der Waals surface area contributed by atoms with Crippen LogP contribution >= 0.6 is 0 Å². The third-order valence-corrected chi connectivity index (χ3v) is 9.98. The molecule has 2 fully saturated rings. The highest BCUT2D eigenvalue weighted by Crippen LogP contribution is 2.51. The van der Waals surface area contributed by atoms with Gasteiger partial charge < -0.3 is 5.32 Å². The summed E-state index contributed by atoms with van der Waals surface area (Å²) >= 11 is 0. The Labute approximate surface area is 272 Å². The van der Waals surface area contributed by atoms with Crippen LogP contribution in [0.25, 0.3) is 16.9 Å². The Balaban J connectivity index is 1.42. The maximum Gasteiger partial charge on any atom is 0.163 e. The van der Waals surface area contributed by atoms with Crippen molar-refractivity contribution in [2.45, 2.75) is 75.9 Å². The zero-order chi connectivity index (χ0) is 30.8. The molecule has 1 N–H and O–H groups in total. The first-order chi connectivity index (χ1) is 22.8. The van der Waals surface area contributed by atoms with Gasteiger partial charge in [-0.15, -0.1) is 0 Å². The highest BCUT2D eigenvalue weighted by Gasteiger charge is 2.53. The average molecular weight is 607 g/mol. The van der Waals surface area contributed by atoms with Gasteiger partial charge in [0.05, 0.1) is 11.4 Å². The molecule has 0 radical (unpaired) electrons. The van der Waals surface area contributed by atoms with Gasteiger partial charge in [-0.2, -0.15) is 10.2 Å². The van der Waals surface area contributed by atoms with Crippen LogP contribution in [0.2, 0.25) is 0 Å². The van der Waals surface area contributed by atoms with Crippen molar-refractivity contribution < 1.29 is 0 Å². The fourth-order valence-electron chi connectivity index (χ4n) is 7.77. The van der Waals surface area contributed by atoms with Gasteiger partial charge >= 0.3 is 0 Å². The molecule has 2 aliphatic carbocycles. The highest BCUT2D eigenvalue weighted by molar-refractivity contribution is 6.16. The summed E-state index contributed by atoms with van der Waals surface area (Å²) in [7, 11) is 0. The van der Waals surface area contributed by atoms with Gasteiger partial charge in [0.15, 0.2) is 11.7 Å². The molecule has 5 aromatic rings. The van der Waals surface area contributed by atoms with Crippen LogP contribution in [0.4, 0.5) is 17.2 Å². The number of hydrogen-bond acceptors (Lipinski definition) is 5. The van der Waals surface area contributed by atoms with Crippen LogP contribution in [-0.4, -0.2) is 27.3 Å². The molecule has 8 rings (SSSR count). The van der Waals surface area contributed by atoms with Gasteiger partial charge in [0.25, 0.3) is 0 Å². The summed E-state index contributed by atoms with van der Waals surface area (Å²) in [5, 5.41) is 17.5.